The Morgan fingerprint density at radius 1 is 1.33 bits per heavy atom. The minimum absolute atomic E-state index is 0.205. The second-order valence-electron chi connectivity index (χ2n) is 7.13. The van der Waals surface area contributed by atoms with Gasteiger partial charge < -0.3 is 9.84 Å². The SMILES string of the molecule is C=C[C@H]1CN2CC[C@@H]1C[C@@H]2[C@H](O)c1cccc2ccc(OC)cc12. The van der Waals surface area contributed by atoms with Crippen LogP contribution >= 0.6 is 0 Å². The van der Waals surface area contributed by atoms with Gasteiger partial charge in [-0.2, -0.15) is 0 Å². The molecule has 3 fully saturated rings. The molecule has 126 valence electrons. The zero-order valence-electron chi connectivity index (χ0n) is 14.2. The molecule has 3 aliphatic rings. The Morgan fingerprint density at radius 3 is 2.92 bits per heavy atom. The van der Waals surface area contributed by atoms with Crippen LogP contribution < -0.4 is 4.74 Å². The predicted octanol–water partition coefficient (Wildman–Crippen LogP) is 3.78. The number of hydrogen-bond acceptors (Lipinski definition) is 3. The summed E-state index contributed by atoms with van der Waals surface area (Å²) in [5.41, 5.74) is 1.01. The van der Waals surface area contributed by atoms with Crippen molar-refractivity contribution >= 4 is 10.8 Å². The van der Waals surface area contributed by atoms with Crippen LogP contribution in [0.5, 0.6) is 5.75 Å². The van der Waals surface area contributed by atoms with Gasteiger partial charge in [0.2, 0.25) is 0 Å². The molecular weight excluding hydrogens is 298 g/mol. The highest BCUT2D eigenvalue weighted by Crippen LogP contribution is 2.42. The number of methoxy groups -OCH3 is 1. The molecule has 1 unspecified atom stereocenters. The molecule has 3 nitrogen and oxygen atoms in total. The van der Waals surface area contributed by atoms with Crippen molar-refractivity contribution in [2.24, 2.45) is 11.8 Å². The highest BCUT2D eigenvalue weighted by Gasteiger charge is 2.42. The summed E-state index contributed by atoms with van der Waals surface area (Å²) < 4.78 is 5.38. The molecule has 0 aromatic heterocycles. The summed E-state index contributed by atoms with van der Waals surface area (Å²) in [6.07, 6.45) is 3.92. The Balaban J connectivity index is 1.69. The molecular formula is C21H25NO2. The van der Waals surface area contributed by atoms with Gasteiger partial charge in [0.05, 0.1) is 13.2 Å². The summed E-state index contributed by atoms with van der Waals surface area (Å²) >= 11 is 0. The minimum Gasteiger partial charge on any atom is -0.497 e. The molecule has 3 heteroatoms. The van der Waals surface area contributed by atoms with Gasteiger partial charge in [-0.05, 0) is 59.7 Å². The molecule has 0 radical (unpaired) electrons. The van der Waals surface area contributed by atoms with Gasteiger partial charge in [0, 0.05) is 12.6 Å². The van der Waals surface area contributed by atoms with Crippen LogP contribution in [0.3, 0.4) is 0 Å². The van der Waals surface area contributed by atoms with Crippen LogP contribution in [0.1, 0.15) is 24.5 Å². The quantitative estimate of drug-likeness (QED) is 0.869. The third kappa shape index (κ3) is 2.52. The normalized spacial score (nSPS) is 30.2. The number of fused-ring (bicyclic) bond motifs is 4. The van der Waals surface area contributed by atoms with Gasteiger partial charge in [0.1, 0.15) is 5.75 Å². The summed E-state index contributed by atoms with van der Waals surface area (Å²) in [6.45, 7) is 6.11. The molecule has 5 rings (SSSR count). The molecule has 2 aromatic rings. The van der Waals surface area contributed by atoms with Gasteiger partial charge in [-0.3, -0.25) is 4.90 Å². The fourth-order valence-corrected chi connectivity index (χ4v) is 4.57. The number of ether oxygens (including phenoxy) is 1. The van der Waals surface area contributed by atoms with E-state index in [-0.39, 0.29) is 6.04 Å². The first-order chi connectivity index (χ1) is 11.7. The van der Waals surface area contributed by atoms with Gasteiger partial charge in [-0.15, -0.1) is 6.58 Å². The summed E-state index contributed by atoms with van der Waals surface area (Å²) in [6, 6.07) is 12.5. The predicted molar refractivity (Wildman–Crippen MR) is 97.2 cm³/mol. The lowest BCUT2D eigenvalue weighted by molar-refractivity contribution is -0.0444. The molecule has 0 amide bonds. The summed E-state index contributed by atoms with van der Waals surface area (Å²) in [4.78, 5) is 2.45. The van der Waals surface area contributed by atoms with Crippen molar-refractivity contribution in [2.45, 2.75) is 25.0 Å². The van der Waals surface area contributed by atoms with Crippen molar-refractivity contribution in [1.82, 2.24) is 4.90 Å². The lowest BCUT2D eigenvalue weighted by atomic mass is 9.73. The second-order valence-corrected chi connectivity index (χ2v) is 7.13. The highest BCUT2D eigenvalue weighted by molar-refractivity contribution is 5.87. The number of rotatable bonds is 4. The summed E-state index contributed by atoms with van der Waals surface area (Å²) in [5.74, 6) is 2.07. The van der Waals surface area contributed by atoms with Crippen LogP contribution in [0, 0.1) is 11.8 Å². The molecule has 2 aromatic carbocycles. The van der Waals surface area contributed by atoms with Crippen molar-refractivity contribution in [2.75, 3.05) is 20.2 Å². The molecule has 3 heterocycles. The number of aliphatic hydroxyl groups excluding tert-OH is 1. The first kappa shape index (κ1) is 15.7. The largest absolute Gasteiger partial charge is 0.497 e. The van der Waals surface area contributed by atoms with Crippen molar-refractivity contribution < 1.29 is 9.84 Å². The lowest BCUT2D eigenvalue weighted by Crippen LogP contribution is -2.54. The zero-order valence-corrected chi connectivity index (χ0v) is 14.2. The first-order valence-electron chi connectivity index (χ1n) is 8.82. The summed E-state index contributed by atoms with van der Waals surface area (Å²) in [5, 5.41) is 13.4. The van der Waals surface area contributed by atoms with Crippen LogP contribution in [0.4, 0.5) is 0 Å². The fourth-order valence-electron chi connectivity index (χ4n) is 4.57. The lowest BCUT2D eigenvalue weighted by Gasteiger charge is -2.50. The van der Waals surface area contributed by atoms with E-state index >= 15 is 0 Å². The molecule has 2 bridgehead atoms. The molecule has 24 heavy (non-hydrogen) atoms. The van der Waals surface area contributed by atoms with Crippen LogP contribution in [0.15, 0.2) is 49.1 Å². The maximum atomic E-state index is 11.2. The topological polar surface area (TPSA) is 32.7 Å². The fraction of sp³-hybridized carbons (Fsp3) is 0.429. The van der Waals surface area contributed by atoms with E-state index < -0.39 is 6.10 Å². The number of hydrogen-bond donors (Lipinski definition) is 1. The standard InChI is InChI=1S/C21H25NO2/c1-3-14-13-22-10-9-16(14)11-20(22)21(23)18-6-4-5-15-7-8-17(24-2)12-19(15)18/h3-8,12,14,16,20-21,23H,1,9-11,13H2,2H3/t14-,16+,20+,21+/m0/s1. The number of aliphatic hydroxyl groups is 1. The molecule has 0 aliphatic carbocycles. The van der Waals surface area contributed by atoms with Crippen molar-refractivity contribution in [3.63, 3.8) is 0 Å². The maximum absolute atomic E-state index is 11.2. The van der Waals surface area contributed by atoms with E-state index in [1.165, 1.54) is 6.42 Å². The molecule has 1 N–H and O–H groups in total. The van der Waals surface area contributed by atoms with Crippen LogP contribution in [-0.4, -0.2) is 36.2 Å². The Hall–Kier alpha value is -1.84. The monoisotopic (exact) mass is 323 g/mol. The third-order valence-electron chi connectivity index (χ3n) is 5.96. The average molecular weight is 323 g/mol. The summed E-state index contributed by atoms with van der Waals surface area (Å²) in [7, 11) is 1.68. The van der Waals surface area contributed by atoms with Gasteiger partial charge in [-0.1, -0.05) is 30.3 Å². The first-order valence-corrected chi connectivity index (χ1v) is 8.82. The van der Waals surface area contributed by atoms with E-state index in [1.807, 2.05) is 18.2 Å². The van der Waals surface area contributed by atoms with E-state index in [0.717, 1.165) is 41.6 Å². The van der Waals surface area contributed by atoms with Crippen molar-refractivity contribution in [3.05, 3.63) is 54.6 Å². The Labute approximate surface area is 143 Å². The van der Waals surface area contributed by atoms with Gasteiger partial charge in [0.15, 0.2) is 0 Å². The number of piperidine rings is 3. The van der Waals surface area contributed by atoms with E-state index in [9.17, 15) is 5.11 Å². The number of benzene rings is 2. The van der Waals surface area contributed by atoms with Gasteiger partial charge in [0.25, 0.3) is 0 Å². The Morgan fingerprint density at radius 2 is 2.21 bits per heavy atom. The Bertz CT molecular complexity index is 757. The zero-order chi connectivity index (χ0) is 16.7. The van der Waals surface area contributed by atoms with Crippen LogP contribution in [0.2, 0.25) is 0 Å². The minimum atomic E-state index is -0.464. The van der Waals surface area contributed by atoms with E-state index in [0.29, 0.717) is 11.8 Å². The smallest absolute Gasteiger partial charge is 0.119 e. The maximum Gasteiger partial charge on any atom is 0.119 e. The number of nitrogens with zero attached hydrogens (tertiary/aromatic N) is 1. The molecule has 0 saturated carbocycles. The van der Waals surface area contributed by atoms with E-state index in [1.54, 1.807) is 7.11 Å². The highest BCUT2D eigenvalue weighted by atomic mass is 16.5. The van der Waals surface area contributed by atoms with E-state index in [2.05, 4.69) is 35.8 Å². The Kier molecular flexibility index (Phi) is 4.07. The molecule has 3 aliphatic heterocycles. The van der Waals surface area contributed by atoms with Crippen molar-refractivity contribution in [3.8, 4) is 5.75 Å². The van der Waals surface area contributed by atoms with Crippen LogP contribution in [0.25, 0.3) is 10.8 Å². The molecule has 5 atom stereocenters. The molecule has 3 saturated heterocycles. The third-order valence-corrected chi connectivity index (χ3v) is 5.96. The second kappa shape index (κ2) is 6.23. The van der Waals surface area contributed by atoms with Crippen molar-refractivity contribution in [1.29, 1.82) is 0 Å². The van der Waals surface area contributed by atoms with E-state index in [4.69, 9.17) is 4.74 Å². The van der Waals surface area contributed by atoms with Gasteiger partial charge in [-0.25, -0.2) is 0 Å². The average Bonchev–Trinajstić information content (AvgIpc) is 2.66. The van der Waals surface area contributed by atoms with Gasteiger partial charge >= 0.3 is 0 Å². The van der Waals surface area contributed by atoms with Crippen LogP contribution in [-0.2, 0) is 0 Å². The molecule has 0 spiro atoms.